The molecule has 1 aromatic heterocycles. The minimum Gasteiger partial charge on any atom is -0.497 e. The lowest BCUT2D eigenvalue weighted by Crippen LogP contribution is -2.34. The van der Waals surface area contributed by atoms with Gasteiger partial charge in [0.2, 0.25) is 5.91 Å². The predicted octanol–water partition coefficient (Wildman–Crippen LogP) is 3.88. The minimum absolute atomic E-state index is 0.0307. The summed E-state index contributed by atoms with van der Waals surface area (Å²) in [6.45, 7) is 3.78. The van der Waals surface area contributed by atoms with E-state index in [9.17, 15) is 4.79 Å². The van der Waals surface area contributed by atoms with Crippen LogP contribution < -0.4 is 10.1 Å². The van der Waals surface area contributed by atoms with Crippen LogP contribution >= 0.6 is 11.8 Å². The number of aromatic nitrogens is 1. The Morgan fingerprint density at radius 3 is 2.66 bits per heavy atom. The highest BCUT2D eigenvalue weighted by molar-refractivity contribution is 7.99. The van der Waals surface area contributed by atoms with Crippen molar-refractivity contribution >= 4 is 34.3 Å². The van der Waals surface area contributed by atoms with Crippen LogP contribution in [-0.4, -0.2) is 53.6 Å². The lowest BCUT2D eigenvalue weighted by atomic mass is 10.1. The zero-order valence-electron chi connectivity index (χ0n) is 16.8. The molecule has 0 unspecified atom stereocenters. The van der Waals surface area contributed by atoms with Gasteiger partial charge in [-0.3, -0.25) is 4.79 Å². The van der Waals surface area contributed by atoms with Gasteiger partial charge in [0, 0.05) is 53.9 Å². The van der Waals surface area contributed by atoms with Crippen molar-refractivity contribution in [3.8, 4) is 5.75 Å². The van der Waals surface area contributed by atoms with Crippen LogP contribution in [0.5, 0.6) is 5.75 Å². The first kappa shape index (κ1) is 19.9. The van der Waals surface area contributed by atoms with Crippen LogP contribution in [0.1, 0.15) is 5.56 Å². The lowest BCUT2D eigenvalue weighted by Gasteiger charge is -2.26. The fourth-order valence-electron chi connectivity index (χ4n) is 3.67. The van der Waals surface area contributed by atoms with Gasteiger partial charge in [0.05, 0.1) is 7.11 Å². The first-order valence-electron chi connectivity index (χ1n) is 10.0. The molecular weight excluding hydrogens is 382 g/mol. The molecule has 0 saturated carbocycles. The Balaban J connectivity index is 1.31. The molecule has 1 saturated heterocycles. The van der Waals surface area contributed by atoms with Gasteiger partial charge in [-0.2, -0.15) is 11.8 Å². The van der Waals surface area contributed by atoms with Gasteiger partial charge in [0.25, 0.3) is 0 Å². The zero-order chi connectivity index (χ0) is 20.1. The lowest BCUT2D eigenvalue weighted by molar-refractivity contribution is -0.116. The average molecular weight is 410 g/mol. The van der Waals surface area contributed by atoms with Gasteiger partial charge in [-0.1, -0.05) is 12.1 Å². The van der Waals surface area contributed by atoms with Crippen LogP contribution in [-0.2, 0) is 17.8 Å². The highest BCUT2D eigenvalue weighted by Crippen LogP contribution is 2.22. The number of hydrogen-bond acceptors (Lipinski definition) is 4. The van der Waals surface area contributed by atoms with E-state index in [0.717, 1.165) is 35.3 Å². The van der Waals surface area contributed by atoms with E-state index in [1.807, 2.05) is 58.9 Å². The van der Waals surface area contributed by atoms with Crippen molar-refractivity contribution in [2.45, 2.75) is 13.0 Å². The molecule has 29 heavy (non-hydrogen) atoms. The number of fused-ring (bicyclic) bond motifs is 1. The van der Waals surface area contributed by atoms with Gasteiger partial charge >= 0.3 is 0 Å². The first-order valence-corrected chi connectivity index (χ1v) is 11.2. The number of rotatable bonds is 7. The number of carbonyl (C=O) groups excluding carboxylic acids is 1. The summed E-state index contributed by atoms with van der Waals surface area (Å²) in [6.07, 6.45) is 2.99. The molecule has 1 aliphatic rings. The van der Waals surface area contributed by atoms with Crippen molar-refractivity contribution in [1.29, 1.82) is 0 Å². The van der Waals surface area contributed by atoms with E-state index in [0.29, 0.717) is 0 Å². The fourth-order valence-corrected chi connectivity index (χ4v) is 4.64. The van der Waals surface area contributed by atoms with Crippen LogP contribution in [0.25, 0.3) is 10.9 Å². The highest BCUT2D eigenvalue weighted by atomic mass is 32.2. The molecule has 1 aliphatic heterocycles. The smallest absolute Gasteiger partial charge is 0.244 e. The molecule has 2 heterocycles. The normalized spacial score (nSPS) is 14.8. The summed E-state index contributed by atoms with van der Waals surface area (Å²) in [4.78, 5) is 15.0. The first-order chi connectivity index (χ1) is 14.2. The molecule has 152 valence electrons. The molecule has 2 aromatic carbocycles. The summed E-state index contributed by atoms with van der Waals surface area (Å²) >= 11 is 2.04. The monoisotopic (exact) mass is 409 g/mol. The van der Waals surface area contributed by atoms with Gasteiger partial charge in [0.1, 0.15) is 12.3 Å². The standard InChI is InChI=1S/C23H27N3O2S/c1-28-21-6-7-22-19(16-21)9-11-26(22)17-23(27)24-20-4-2-18(3-5-20)8-10-25-12-14-29-15-13-25/h2-7,9,11,16H,8,10,12-15,17H2,1H3,(H,24,27). The molecule has 1 amide bonds. The minimum atomic E-state index is -0.0307. The van der Waals surface area contributed by atoms with Gasteiger partial charge in [-0.25, -0.2) is 0 Å². The van der Waals surface area contributed by atoms with E-state index < -0.39 is 0 Å². The van der Waals surface area contributed by atoms with E-state index in [2.05, 4.69) is 22.3 Å². The SMILES string of the molecule is COc1ccc2c(ccn2CC(=O)Nc2ccc(CCN3CCSCC3)cc2)c1. The molecule has 0 aliphatic carbocycles. The number of ether oxygens (including phenoxy) is 1. The summed E-state index contributed by atoms with van der Waals surface area (Å²) in [5.41, 5.74) is 3.17. The fraction of sp³-hybridized carbons (Fsp3) is 0.348. The van der Waals surface area contributed by atoms with E-state index in [1.54, 1.807) is 7.11 Å². The van der Waals surface area contributed by atoms with E-state index in [1.165, 1.54) is 30.2 Å². The third-order valence-corrected chi connectivity index (χ3v) is 6.29. The van der Waals surface area contributed by atoms with Gasteiger partial charge in [0.15, 0.2) is 0 Å². The highest BCUT2D eigenvalue weighted by Gasteiger charge is 2.10. The van der Waals surface area contributed by atoms with Crippen molar-refractivity contribution in [3.05, 3.63) is 60.3 Å². The maximum Gasteiger partial charge on any atom is 0.244 e. The zero-order valence-corrected chi connectivity index (χ0v) is 17.6. The van der Waals surface area contributed by atoms with Crippen LogP contribution in [0.2, 0.25) is 0 Å². The van der Waals surface area contributed by atoms with Crippen molar-refractivity contribution in [2.75, 3.05) is 43.6 Å². The molecule has 1 fully saturated rings. The Morgan fingerprint density at radius 1 is 1.10 bits per heavy atom. The van der Waals surface area contributed by atoms with Crippen molar-refractivity contribution in [1.82, 2.24) is 9.47 Å². The number of benzene rings is 2. The number of hydrogen-bond donors (Lipinski definition) is 1. The molecule has 0 bridgehead atoms. The Kier molecular flexibility index (Phi) is 6.42. The number of nitrogens with zero attached hydrogens (tertiary/aromatic N) is 2. The van der Waals surface area contributed by atoms with Gasteiger partial charge in [-0.05, 0) is 48.4 Å². The second kappa shape index (κ2) is 9.37. The largest absolute Gasteiger partial charge is 0.497 e. The van der Waals surface area contributed by atoms with E-state index in [-0.39, 0.29) is 12.5 Å². The summed E-state index contributed by atoms with van der Waals surface area (Å²) in [7, 11) is 1.66. The van der Waals surface area contributed by atoms with Crippen LogP contribution in [0.15, 0.2) is 54.7 Å². The molecule has 4 rings (SSSR count). The van der Waals surface area contributed by atoms with Gasteiger partial charge in [-0.15, -0.1) is 0 Å². The molecular formula is C23H27N3O2S. The van der Waals surface area contributed by atoms with E-state index in [4.69, 9.17) is 4.74 Å². The summed E-state index contributed by atoms with van der Waals surface area (Å²) in [5, 5.41) is 4.07. The third kappa shape index (κ3) is 5.14. The topological polar surface area (TPSA) is 46.5 Å². The number of carbonyl (C=O) groups is 1. The molecule has 3 aromatic rings. The van der Waals surface area contributed by atoms with Gasteiger partial charge < -0.3 is 19.5 Å². The number of nitrogens with one attached hydrogen (secondary N) is 1. The molecule has 0 spiro atoms. The Hall–Kier alpha value is -2.44. The Labute approximate surface area is 176 Å². The van der Waals surface area contributed by atoms with Crippen LogP contribution in [0.3, 0.4) is 0 Å². The molecule has 1 N–H and O–H groups in total. The molecule has 6 heteroatoms. The molecule has 0 radical (unpaired) electrons. The Morgan fingerprint density at radius 2 is 1.90 bits per heavy atom. The maximum atomic E-state index is 12.5. The quantitative estimate of drug-likeness (QED) is 0.643. The van der Waals surface area contributed by atoms with Crippen LogP contribution in [0, 0.1) is 0 Å². The second-order valence-electron chi connectivity index (χ2n) is 7.32. The Bertz CT molecular complexity index is 962. The number of methoxy groups -OCH3 is 1. The van der Waals surface area contributed by atoms with Crippen molar-refractivity contribution in [3.63, 3.8) is 0 Å². The average Bonchev–Trinajstić information content (AvgIpc) is 3.15. The summed E-state index contributed by atoms with van der Waals surface area (Å²) in [6, 6.07) is 16.1. The van der Waals surface area contributed by atoms with E-state index >= 15 is 0 Å². The number of amides is 1. The van der Waals surface area contributed by atoms with Crippen molar-refractivity contribution in [2.24, 2.45) is 0 Å². The molecule has 5 nitrogen and oxygen atoms in total. The number of thioether (sulfide) groups is 1. The number of anilines is 1. The second-order valence-corrected chi connectivity index (χ2v) is 8.54. The maximum absolute atomic E-state index is 12.5. The summed E-state index contributed by atoms with van der Waals surface area (Å²) in [5.74, 6) is 3.28. The van der Waals surface area contributed by atoms with Crippen LogP contribution in [0.4, 0.5) is 5.69 Å². The third-order valence-electron chi connectivity index (χ3n) is 5.35. The summed E-state index contributed by atoms with van der Waals surface area (Å²) < 4.78 is 7.21. The van der Waals surface area contributed by atoms with Crippen molar-refractivity contribution < 1.29 is 9.53 Å². The molecule has 0 atom stereocenters. The predicted molar refractivity (Wildman–Crippen MR) is 121 cm³/mol.